The van der Waals surface area contributed by atoms with Gasteiger partial charge >= 0.3 is 0 Å². The molecule has 0 bridgehead atoms. The molecule has 0 spiro atoms. The lowest BCUT2D eigenvalue weighted by Crippen LogP contribution is -2.32. The third kappa shape index (κ3) is 2.50. The molecule has 17 heavy (non-hydrogen) atoms. The van der Waals surface area contributed by atoms with Crippen LogP contribution in [0.25, 0.3) is 0 Å². The van der Waals surface area contributed by atoms with Gasteiger partial charge in [0.1, 0.15) is 0 Å². The smallest absolute Gasteiger partial charge is 0.228 e. The Morgan fingerprint density at radius 2 is 2.12 bits per heavy atom. The molecule has 3 heteroatoms. The second-order valence-electron chi connectivity index (χ2n) is 4.73. The van der Waals surface area contributed by atoms with E-state index in [2.05, 4.69) is 38.2 Å². The van der Waals surface area contributed by atoms with E-state index in [4.69, 9.17) is 0 Å². The SMILES string of the molecule is CCNC1CC(=O)N(c2ccc(C)c(C)c2)C1. The van der Waals surface area contributed by atoms with Crippen molar-refractivity contribution >= 4 is 11.6 Å². The molecule has 1 aliphatic rings. The average molecular weight is 232 g/mol. The number of benzene rings is 1. The molecule has 0 radical (unpaired) electrons. The molecule has 3 nitrogen and oxygen atoms in total. The Balaban J connectivity index is 2.17. The maximum atomic E-state index is 11.9. The molecule has 0 saturated carbocycles. The maximum absolute atomic E-state index is 11.9. The molecular formula is C14H20N2O. The Labute approximate surface area is 103 Å². The second kappa shape index (κ2) is 4.88. The summed E-state index contributed by atoms with van der Waals surface area (Å²) in [4.78, 5) is 13.8. The van der Waals surface area contributed by atoms with Crippen LogP contribution < -0.4 is 10.2 Å². The minimum atomic E-state index is 0.221. The minimum Gasteiger partial charge on any atom is -0.312 e. The van der Waals surface area contributed by atoms with Crippen molar-refractivity contribution in [1.29, 1.82) is 0 Å². The van der Waals surface area contributed by atoms with Crippen molar-refractivity contribution in [3.63, 3.8) is 0 Å². The summed E-state index contributed by atoms with van der Waals surface area (Å²) in [6, 6.07) is 6.52. The fourth-order valence-electron chi connectivity index (χ4n) is 2.28. The lowest BCUT2D eigenvalue weighted by Gasteiger charge is -2.18. The van der Waals surface area contributed by atoms with Crippen LogP contribution in [-0.4, -0.2) is 25.0 Å². The third-order valence-corrected chi connectivity index (χ3v) is 3.42. The van der Waals surface area contributed by atoms with E-state index in [0.717, 1.165) is 18.8 Å². The van der Waals surface area contributed by atoms with E-state index in [-0.39, 0.29) is 5.91 Å². The first-order valence-corrected chi connectivity index (χ1v) is 6.22. The van der Waals surface area contributed by atoms with Crippen LogP contribution in [0.4, 0.5) is 5.69 Å². The summed E-state index contributed by atoms with van der Waals surface area (Å²) >= 11 is 0. The van der Waals surface area contributed by atoms with Gasteiger partial charge in [-0.3, -0.25) is 4.79 Å². The molecule has 92 valence electrons. The molecule has 1 atom stereocenters. The molecular weight excluding hydrogens is 212 g/mol. The van der Waals surface area contributed by atoms with Gasteiger partial charge < -0.3 is 10.2 Å². The summed E-state index contributed by atoms with van der Waals surface area (Å²) in [5.41, 5.74) is 3.53. The molecule has 1 unspecified atom stereocenters. The summed E-state index contributed by atoms with van der Waals surface area (Å²) in [7, 11) is 0. The van der Waals surface area contributed by atoms with Crippen molar-refractivity contribution in [2.45, 2.75) is 33.2 Å². The fourth-order valence-corrected chi connectivity index (χ4v) is 2.28. The van der Waals surface area contributed by atoms with Gasteiger partial charge in [0.25, 0.3) is 0 Å². The van der Waals surface area contributed by atoms with E-state index >= 15 is 0 Å². The van der Waals surface area contributed by atoms with E-state index in [0.29, 0.717) is 12.5 Å². The van der Waals surface area contributed by atoms with Crippen molar-refractivity contribution < 1.29 is 4.79 Å². The Kier molecular flexibility index (Phi) is 3.48. The van der Waals surface area contributed by atoms with Crippen LogP contribution in [-0.2, 0) is 4.79 Å². The quantitative estimate of drug-likeness (QED) is 0.864. The number of aryl methyl sites for hydroxylation is 2. The van der Waals surface area contributed by atoms with Crippen molar-refractivity contribution in [2.24, 2.45) is 0 Å². The van der Waals surface area contributed by atoms with Gasteiger partial charge in [-0.15, -0.1) is 0 Å². The molecule has 0 aliphatic carbocycles. The summed E-state index contributed by atoms with van der Waals surface area (Å²) in [6.07, 6.45) is 0.612. The van der Waals surface area contributed by atoms with Gasteiger partial charge in [-0.05, 0) is 43.7 Å². The Bertz CT molecular complexity index is 428. The predicted octanol–water partition coefficient (Wildman–Crippen LogP) is 2.02. The van der Waals surface area contributed by atoms with Crippen LogP contribution in [0, 0.1) is 13.8 Å². The van der Waals surface area contributed by atoms with Gasteiger partial charge in [0.2, 0.25) is 5.91 Å². The predicted molar refractivity (Wildman–Crippen MR) is 70.4 cm³/mol. The zero-order valence-corrected chi connectivity index (χ0v) is 10.8. The van der Waals surface area contributed by atoms with Crippen molar-refractivity contribution in [3.8, 4) is 0 Å². The Hall–Kier alpha value is -1.35. The number of hydrogen-bond acceptors (Lipinski definition) is 2. The highest BCUT2D eigenvalue weighted by molar-refractivity contribution is 5.96. The van der Waals surface area contributed by atoms with E-state index in [1.807, 2.05) is 11.0 Å². The lowest BCUT2D eigenvalue weighted by molar-refractivity contribution is -0.117. The third-order valence-electron chi connectivity index (χ3n) is 3.42. The van der Waals surface area contributed by atoms with Gasteiger partial charge in [0.15, 0.2) is 0 Å². The number of hydrogen-bond donors (Lipinski definition) is 1. The van der Waals surface area contributed by atoms with Crippen molar-refractivity contribution in [1.82, 2.24) is 5.32 Å². The molecule has 1 aliphatic heterocycles. The zero-order chi connectivity index (χ0) is 12.4. The maximum Gasteiger partial charge on any atom is 0.228 e. The minimum absolute atomic E-state index is 0.221. The Morgan fingerprint density at radius 1 is 1.35 bits per heavy atom. The number of nitrogens with zero attached hydrogens (tertiary/aromatic N) is 1. The van der Waals surface area contributed by atoms with Crippen LogP contribution in [0.3, 0.4) is 0 Å². The number of amides is 1. The normalized spacial score (nSPS) is 20.1. The van der Waals surface area contributed by atoms with E-state index in [9.17, 15) is 4.79 Å². The van der Waals surface area contributed by atoms with Crippen LogP contribution in [0.2, 0.25) is 0 Å². The zero-order valence-electron chi connectivity index (χ0n) is 10.8. The monoisotopic (exact) mass is 232 g/mol. The molecule has 1 heterocycles. The molecule has 2 rings (SSSR count). The highest BCUT2D eigenvalue weighted by Gasteiger charge is 2.29. The first kappa shape index (κ1) is 12.1. The van der Waals surface area contributed by atoms with E-state index in [1.165, 1.54) is 11.1 Å². The largest absolute Gasteiger partial charge is 0.312 e. The van der Waals surface area contributed by atoms with E-state index in [1.54, 1.807) is 0 Å². The molecule has 1 aromatic carbocycles. The van der Waals surface area contributed by atoms with Gasteiger partial charge in [-0.1, -0.05) is 13.0 Å². The molecule has 1 N–H and O–H groups in total. The van der Waals surface area contributed by atoms with Gasteiger partial charge in [-0.2, -0.15) is 0 Å². The fraction of sp³-hybridized carbons (Fsp3) is 0.500. The van der Waals surface area contributed by atoms with Gasteiger partial charge in [-0.25, -0.2) is 0 Å². The average Bonchev–Trinajstić information content (AvgIpc) is 2.64. The van der Waals surface area contributed by atoms with Crippen molar-refractivity contribution in [3.05, 3.63) is 29.3 Å². The molecule has 1 saturated heterocycles. The van der Waals surface area contributed by atoms with Crippen LogP contribution in [0.5, 0.6) is 0 Å². The number of nitrogens with one attached hydrogen (secondary N) is 1. The highest BCUT2D eigenvalue weighted by Crippen LogP contribution is 2.23. The standard InChI is InChI=1S/C14H20N2O/c1-4-15-12-8-14(17)16(9-12)13-6-5-10(2)11(3)7-13/h5-7,12,15H,4,8-9H2,1-3H3. The summed E-state index contributed by atoms with van der Waals surface area (Å²) < 4.78 is 0. The van der Waals surface area contributed by atoms with E-state index < -0.39 is 0 Å². The number of carbonyl (C=O) groups is 1. The van der Waals surface area contributed by atoms with Crippen molar-refractivity contribution in [2.75, 3.05) is 18.0 Å². The van der Waals surface area contributed by atoms with Crippen LogP contribution >= 0.6 is 0 Å². The number of likely N-dealkylation sites (N-methyl/N-ethyl adjacent to an activating group) is 1. The van der Waals surface area contributed by atoms with Crippen LogP contribution in [0.15, 0.2) is 18.2 Å². The molecule has 1 aromatic rings. The first-order valence-electron chi connectivity index (χ1n) is 6.22. The first-order chi connectivity index (χ1) is 8.11. The van der Waals surface area contributed by atoms with Crippen LogP contribution in [0.1, 0.15) is 24.5 Å². The summed E-state index contributed by atoms with van der Waals surface area (Å²) in [6.45, 7) is 7.95. The molecule has 1 fully saturated rings. The number of carbonyl (C=O) groups excluding carboxylic acids is 1. The molecule has 1 amide bonds. The highest BCUT2D eigenvalue weighted by atomic mass is 16.2. The molecule has 0 aromatic heterocycles. The lowest BCUT2D eigenvalue weighted by atomic mass is 10.1. The van der Waals surface area contributed by atoms with Gasteiger partial charge in [0.05, 0.1) is 0 Å². The Morgan fingerprint density at radius 3 is 2.76 bits per heavy atom. The topological polar surface area (TPSA) is 32.3 Å². The second-order valence-corrected chi connectivity index (χ2v) is 4.73. The number of anilines is 1. The summed E-state index contributed by atoms with van der Waals surface area (Å²) in [5.74, 6) is 0.221. The number of rotatable bonds is 3. The summed E-state index contributed by atoms with van der Waals surface area (Å²) in [5, 5.41) is 3.34. The van der Waals surface area contributed by atoms with Gasteiger partial charge in [0, 0.05) is 24.7 Å².